The van der Waals surface area contributed by atoms with Gasteiger partial charge in [0.1, 0.15) is 0 Å². The van der Waals surface area contributed by atoms with Crippen LogP contribution in [0.2, 0.25) is 0 Å². The fourth-order valence-electron chi connectivity index (χ4n) is 4.56. The van der Waals surface area contributed by atoms with E-state index in [1.165, 1.54) is 49.9 Å². The number of esters is 1. The van der Waals surface area contributed by atoms with Crippen LogP contribution in [-0.4, -0.2) is 63.3 Å². The van der Waals surface area contributed by atoms with Crippen molar-refractivity contribution in [3.05, 3.63) is 47.9 Å². The summed E-state index contributed by atoms with van der Waals surface area (Å²) in [6.07, 6.45) is 1.00. The monoisotopic (exact) mass is 545 g/mol. The van der Waals surface area contributed by atoms with Gasteiger partial charge in [0.15, 0.2) is 18.1 Å². The summed E-state index contributed by atoms with van der Waals surface area (Å²) in [6.45, 7) is 4.81. The Balaban J connectivity index is 1.41. The second kappa shape index (κ2) is 11.4. The molecule has 38 heavy (non-hydrogen) atoms. The van der Waals surface area contributed by atoms with Gasteiger partial charge in [-0.25, -0.2) is 13.2 Å². The lowest BCUT2D eigenvalue weighted by molar-refractivity contribution is 0.0438. The van der Waals surface area contributed by atoms with E-state index in [1.807, 2.05) is 13.8 Å². The van der Waals surface area contributed by atoms with Gasteiger partial charge in [-0.3, -0.25) is 0 Å². The molecular weight excluding hydrogens is 514 g/mol. The smallest absolute Gasteiger partial charge is 0.338 e. The molecule has 204 valence electrons. The molecular formula is C26H31N3O8S. The van der Waals surface area contributed by atoms with Gasteiger partial charge in [-0.1, -0.05) is 13.8 Å². The zero-order valence-corrected chi connectivity index (χ0v) is 22.8. The average molecular weight is 546 g/mol. The number of nitrogens with zero attached hydrogens (tertiary/aromatic N) is 3. The summed E-state index contributed by atoms with van der Waals surface area (Å²) in [5.41, 5.74) is 0.729. The van der Waals surface area contributed by atoms with Crippen LogP contribution in [0.25, 0.3) is 11.5 Å². The number of rotatable bonds is 9. The van der Waals surface area contributed by atoms with Crippen molar-refractivity contribution in [2.45, 2.75) is 31.8 Å². The van der Waals surface area contributed by atoms with Crippen LogP contribution < -0.4 is 14.2 Å². The maximum atomic E-state index is 13.1. The predicted molar refractivity (Wildman–Crippen MR) is 137 cm³/mol. The number of benzene rings is 2. The SMILES string of the molecule is COc1cc(-c2nnc(COC(=O)c3ccc(S(=O)(=O)N4C[C@@H](C)C[C@H](C)C4)cc3)o2)cc(OC)c1OC. The van der Waals surface area contributed by atoms with Crippen molar-refractivity contribution < 1.29 is 36.6 Å². The van der Waals surface area contributed by atoms with Gasteiger partial charge >= 0.3 is 5.97 Å². The molecule has 0 saturated carbocycles. The fourth-order valence-corrected chi connectivity index (χ4v) is 6.24. The summed E-state index contributed by atoms with van der Waals surface area (Å²) in [4.78, 5) is 12.7. The molecule has 12 heteroatoms. The Morgan fingerprint density at radius 3 is 2.13 bits per heavy atom. The Labute approximate surface area is 221 Å². The lowest BCUT2D eigenvalue weighted by atomic mass is 9.94. The fraction of sp³-hybridized carbons (Fsp3) is 0.423. The average Bonchev–Trinajstić information content (AvgIpc) is 3.39. The number of carbonyl (C=O) groups is 1. The summed E-state index contributed by atoms with van der Waals surface area (Å²) in [6, 6.07) is 9.02. The molecule has 0 amide bonds. The molecule has 1 aliphatic heterocycles. The van der Waals surface area contributed by atoms with Crippen LogP contribution >= 0.6 is 0 Å². The van der Waals surface area contributed by atoms with Crippen molar-refractivity contribution in [2.24, 2.45) is 11.8 Å². The van der Waals surface area contributed by atoms with Crippen molar-refractivity contribution >= 4 is 16.0 Å². The van der Waals surface area contributed by atoms with E-state index in [0.717, 1.165) is 6.42 Å². The summed E-state index contributed by atoms with van der Waals surface area (Å²) in [5, 5.41) is 7.94. The third kappa shape index (κ3) is 5.76. The van der Waals surface area contributed by atoms with Gasteiger partial charge in [-0.05, 0) is 54.7 Å². The Morgan fingerprint density at radius 1 is 0.974 bits per heavy atom. The van der Waals surface area contributed by atoms with Gasteiger partial charge < -0.3 is 23.4 Å². The molecule has 2 heterocycles. The number of sulfonamides is 1. The highest BCUT2D eigenvalue weighted by Gasteiger charge is 2.31. The van der Waals surface area contributed by atoms with Crippen LogP contribution in [-0.2, 0) is 21.4 Å². The highest BCUT2D eigenvalue weighted by Crippen LogP contribution is 2.40. The van der Waals surface area contributed by atoms with Gasteiger partial charge in [0, 0.05) is 18.7 Å². The first-order valence-electron chi connectivity index (χ1n) is 12.1. The summed E-state index contributed by atoms with van der Waals surface area (Å²) >= 11 is 0. The number of carbonyl (C=O) groups excluding carboxylic acids is 1. The molecule has 1 fully saturated rings. The minimum Gasteiger partial charge on any atom is -0.493 e. The van der Waals surface area contributed by atoms with Crippen molar-refractivity contribution in [1.29, 1.82) is 0 Å². The third-order valence-electron chi connectivity index (χ3n) is 6.27. The Morgan fingerprint density at radius 2 is 1.58 bits per heavy atom. The molecule has 11 nitrogen and oxygen atoms in total. The maximum absolute atomic E-state index is 13.1. The molecule has 3 aromatic rings. The van der Waals surface area contributed by atoms with Gasteiger partial charge in [-0.2, -0.15) is 4.31 Å². The highest BCUT2D eigenvalue weighted by atomic mass is 32.2. The second-order valence-electron chi connectivity index (χ2n) is 9.28. The van der Waals surface area contributed by atoms with Crippen LogP contribution in [0.5, 0.6) is 17.2 Å². The largest absolute Gasteiger partial charge is 0.493 e. The minimum atomic E-state index is -3.64. The van der Waals surface area contributed by atoms with Crippen LogP contribution in [0.1, 0.15) is 36.5 Å². The van der Waals surface area contributed by atoms with Crippen LogP contribution in [0.3, 0.4) is 0 Å². The lowest BCUT2D eigenvalue weighted by Gasteiger charge is -2.34. The first kappa shape index (κ1) is 27.4. The van der Waals surface area contributed by atoms with E-state index >= 15 is 0 Å². The zero-order chi connectivity index (χ0) is 27.4. The van der Waals surface area contributed by atoms with E-state index in [2.05, 4.69) is 10.2 Å². The molecule has 1 aliphatic rings. The third-order valence-corrected chi connectivity index (χ3v) is 8.11. The van der Waals surface area contributed by atoms with Gasteiger partial charge in [0.25, 0.3) is 5.89 Å². The molecule has 0 spiro atoms. The number of hydrogen-bond acceptors (Lipinski definition) is 10. The Bertz CT molecular complexity index is 1350. The maximum Gasteiger partial charge on any atom is 0.338 e. The summed E-state index contributed by atoms with van der Waals surface area (Å²) < 4.78 is 54.6. The lowest BCUT2D eigenvalue weighted by Crippen LogP contribution is -2.42. The summed E-state index contributed by atoms with van der Waals surface area (Å²) in [7, 11) is 0.852. The molecule has 0 unspecified atom stereocenters. The van der Waals surface area contributed by atoms with Crippen molar-refractivity contribution in [1.82, 2.24) is 14.5 Å². The quantitative estimate of drug-likeness (QED) is 0.366. The number of piperidine rings is 1. The van der Waals surface area contributed by atoms with Crippen LogP contribution in [0.15, 0.2) is 45.7 Å². The first-order chi connectivity index (χ1) is 18.2. The minimum absolute atomic E-state index is 0.0784. The van der Waals surface area contributed by atoms with Crippen molar-refractivity contribution in [3.63, 3.8) is 0 Å². The number of hydrogen-bond donors (Lipinski definition) is 0. The first-order valence-corrected chi connectivity index (χ1v) is 13.5. The zero-order valence-electron chi connectivity index (χ0n) is 22.0. The highest BCUT2D eigenvalue weighted by molar-refractivity contribution is 7.89. The number of methoxy groups -OCH3 is 3. The Hall–Kier alpha value is -3.64. The van der Waals surface area contributed by atoms with Gasteiger partial charge in [0.05, 0.1) is 31.8 Å². The van der Waals surface area contributed by atoms with Crippen LogP contribution in [0, 0.1) is 11.8 Å². The molecule has 2 aromatic carbocycles. The summed E-state index contributed by atoms with van der Waals surface area (Å²) in [5.74, 6) is 1.45. The molecule has 1 aromatic heterocycles. The van der Waals surface area contributed by atoms with Crippen molar-refractivity contribution in [3.8, 4) is 28.7 Å². The number of ether oxygens (including phenoxy) is 4. The molecule has 1 saturated heterocycles. The van der Waals surface area contributed by atoms with E-state index in [-0.39, 0.29) is 28.8 Å². The van der Waals surface area contributed by atoms with E-state index in [0.29, 0.717) is 47.7 Å². The Kier molecular flexibility index (Phi) is 8.22. The molecule has 0 aliphatic carbocycles. The normalized spacial score (nSPS) is 18.1. The van der Waals surface area contributed by atoms with Gasteiger partial charge in [0.2, 0.25) is 21.7 Å². The molecule has 0 N–H and O–H groups in total. The van der Waals surface area contributed by atoms with E-state index in [9.17, 15) is 13.2 Å². The van der Waals surface area contributed by atoms with E-state index in [4.69, 9.17) is 23.4 Å². The molecule has 0 radical (unpaired) electrons. The number of aromatic nitrogens is 2. The molecule has 2 atom stereocenters. The van der Waals surface area contributed by atoms with E-state index in [1.54, 1.807) is 12.1 Å². The second-order valence-corrected chi connectivity index (χ2v) is 11.2. The van der Waals surface area contributed by atoms with E-state index < -0.39 is 16.0 Å². The van der Waals surface area contributed by atoms with Gasteiger partial charge in [-0.15, -0.1) is 10.2 Å². The standard InChI is InChI=1S/C26H31N3O8S/c1-16-10-17(2)14-29(13-16)38(31,32)20-8-6-18(7-9-20)26(30)36-15-23-27-28-25(37-23)19-11-21(33-3)24(35-5)22(12-19)34-4/h6-9,11-12,16-17H,10,13-15H2,1-5H3/t16-,17-/m0/s1. The predicted octanol–water partition coefficient (Wildman–Crippen LogP) is 3.79. The molecule has 0 bridgehead atoms. The van der Waals surface area contributed by atoms with Crippen LogP contribution in [0.4, 0.5) is 0 Å². The van der Waals surface area contributed by atoms with Crippen molar-refractivity contribution in [2.75, 3.05) is 34.4 Å². The topological polar surface area (TPSA) is 130 Å². The molecule has 4 rings (SSSR count).